The number of rotatable bonds is 5. The van der Waals surface area contributed by atoms with Crippen LogP contribution in [0.2, 0.25) is 0 Å². The number of methoxy groups -OCH3 is 1. The number of hydrogen-bond donors (Lipinski definition) is 1. The molecular formula is C16H16N4O. The van der Waals surface area contributed by atoms with Gasteiger partial charge < -0.3 is 10.1 Å². The van der Waals surface area contributed by atoms with E-state index in [0.717, 1.165) is 17.1 Å². The van der Waals surface area contributed by atoms with Crippen LogP contribution in [0.1, 0.15) is 5.69 Å². The molecule has 3 aromatic rings. The molecule has 0 aliphatic rings. The van der Waals surface area contributed by atoms with Gasteiger partial charge in [-0.15, -0.1) is 0 Å². The van der Waals surface area contributed by atoms with Crippen LogP contribution >= 0.6 is 0 Å². The molecule has 0 fully saturated rings. The van der Waals surface area contributed by atoms with Gasteiger partial charge in [0, 0.05) is 12.3 Å². The standard InChI is InChI=1S/C16H16N4O/c1-21-16-8-7-13(11-18-16)17-12-14-9-10-20(19-14)15-5-3-2-4-6-15/h2-11,17H,12H2,1H3. The van der Waals surface area contributed by atoms with Gasteiger partial charge in [-0.25, -0.2) is 9.67 Å². The topological polar surface area (TPSA) is 52.0 Å². The molecule has 1 N–H and O–H groups in total. The average Bonchev–Trinajstić information content (AvgIpc) is 3.03. The van der Waals surface area contributed by atoms with Crippen LogP contribution in [0.5, 0.6) is 5.88 Å². The van der Waals surface area contributed by atoms with Crippen molar-refractivity contribution in [3.05, 3.63) is 66.6 Å². The number of nitrogens with one attached hydrogen (secondary N) is 1. The minimum absolute atomic E-state index is 0.605. The van der Waals surface area contributed by atoms with Crippen LogP contribution in [0.3, 0.4) is 0 Å². The number of para-hydroxylation sites is 1. The summed E-state index contributed by atoms with van der Waals surface area (Å²) in [4.78, 5) is 4.15. The van der Waals surface area contributed by atoms with E-state index < -0.39 is 0 Å². The Morgan fingerprint density at radius 2 is 1.95 bits per heavy atom. The highest BCUT2D eigenvalue weighted by Crippen LogP contribution is 2.12. The summed E-state index contributed by atoms with van der Waals surface area (Å²) >= 11 is 0. The Morgan fingerprint density at radius 3 is 2.67 bits per heavy atom. The molecule has 0 bridgehead atoms. The molecule has 2 aromatic heterocycles. The number of ether oxygens (including phenoxy) is 1. The second-order valence-electron chi connectivity index (χ2n) is 4.53. The maximum absolute atomic E-state index is 5.03. The fourth-order valence-electron chi connectivity index (χ4n) is 1.98. The summed E-state index contributed by atoms with van der Waals surface area (Å²) in [5.41, 5.74) is 2.95. The van der Waals surface area contributed by atoms with Crippen LogP contribution in [-0.2, 0) is 6.54 Å². The second-order valence-corrected chi connectivity index (χ2v) is 4.53. The summed E-state index contributed by atoms with van der Waals surface area (Å²) in [5, 5.41) is 7.82. The Kier molecular flexibility index (Phi) is 3.82. The van der Waals surface area contributed by atoms with E-state index in [9.17, 15) is 0 Å². The highest BCUT2D eigenvalue weighted by atomic mass is 16.5. The molecule has 0 atom stereocenters. The highest BCUT2D eigenvalue weighted by Gasteiger charge is 2.01. The summed E-state index contributed by atoms with van der Waals surface area (Å²) in [5.74, 6) is 0.605. The van der Waals surface area contributed by atoms with Gasteiger partial charge >= 0.3 is 0 Å². The van der Waals surface area contributed by atoms with E-state index >= 15 is 0 Å². The monoisotopic (exact) mass is 280 g/mol. The maximum Gasteiger partial charge on any atom is 0.213 e. The van der Waals surface area contributed by atoms with Crippen molar-refractivity contribution in [1.82, 2.24) is 14.8 Å². The normalized spacial score (nSPS) is 10.3. The number of nitrogens with zero attached hydrogens (tertiary/aromatic N) is 3. The van der Waals surface area contributed by atoms with Gasteiger partial charge in [-0.2, -0.15) is 5.10 Å². The molecule has 1 aromatic carbocycles. The number of hydrogen-bond acceptors (Lipinski definition) is 4. The zero-order valence-electron chi connectivity index (χ0n) is 11.7. The lowest BCUT2D eigenvalue weighted by molar-refractivity contribution is 0.398. The van der Waals surface area contributed by atoms with E-state index in [-0.39, 0.29) is 0 Å². The van der Waals surface area contributed by atoms with Gasteiger partial charge in [-0.3, -0.25) is 0 Å². The molecule has 0 unspecified atom stereocenters. The molecule has 0 aliphatic heterocycles. The Balaban J connectivity index is 1.64. The molecular weight excluding hydrogens is 264 g/mol. The molecule has 0 amide bonds. The lowest BCUT2D eigenvalue weighted by Crippen LogP contribution is -2.02. The Bertz CT molecular complexity index is 692. The van der Waals surface area contributed by atoms with Crippen molar-refractivity contribution in [3.63, 3.8) is 0 Å². The smallest absolute Gasteiger partial charge is 0.213 e. The van der Waals surface area contributed by atoms with Crippen molar-refractivity contribution in [2.75, 3.05) is 12.4 Å². The SMILES string of the molecule is COc1ccc(NCc2ccn(-c3ccccc3)n2)cn1. The minimum Gasteiger partial charge on any atom is -0.481 e. The van der Waals surface area contributed by atoms with Crippen LogP contribution in [0, 0.1) is 0 Å². The van der Waals surface area contributed by atoms with Gasteiger partial charge in [0.05, 0.1) is 36.9 Å². The van der Waals surface area contributed by atoms with Crippen molar-refractivity contribution in [2.45, 2.75) is 6.54 Å². The molecule has 2 heterocycles. The van der Waals surface area contributed by atoms with Gasteiger partial charge in [0.15, 0.2) is 0 Å². The summed E-state index contributed by atoms with van der Waals surface area (Å²) in [6.45, 7) is 0.647. The molecule has 0 radical (unpaired) electrons. The van der Waals surface area contributed by atoms with Gasteiger partial charge in [0.1, 0.15) is 0 Å². The first-order valence-corrected chi connectivity index (χ1v) is 6.69. The minimum atomic E-state index is 0.605. The summed E-state index contributed by atoms with van der Waals surface area (Å²) in [6, 6.07) is 15.8. The van der Waals surface area contributed by atoms with Crippen LogP contribution < -0.4 is 10.1 Å². The number of pyridine rings is 1. The largest absolute Gasteiger partial charge is 0.481 e. The molecule has 3 rings (SSSR count). The van der Waals surface area contributed by atoms with Crippen molar-refractivity contribution >= 4 is 5.69 Å². The zero-order valence-corrected chi connectivity index (χ0v) is 11.7. The van der Waals surface area contributed by atoms with E-state index in [4.69, 9.17) is 4.74 Å². The predicted molar refractivity (Wildman–Crippen MR) is 81.7 cm³/mol. The second kappa shape index (κ2) is 6.09. The van der Waals surface area contributed by atoms with E-state index in [1.165, 1.54) is 0 Å². The molecule has 0 aliphatic carbocycles. The van der Waals surface area contributed by atoms with Crippen molar-refractivity contribution < 1.29 is 4.74 Å². The Morgan fingerprint density at radius 1 is 1.10 bits per heavy atom. The first kappa shape index (κ1) is 13.2. The third-order valence-corrected chi connectivity index (χ3v) is 3.08. The fraction of sp³-hybridized carbons (Fsp3) is 0.125. The summed E-state index contributed by atoms with van der Waals surface area (Å²) in [6.07, 6.45) is 3.70. The maximum atomic E-state index is 5.03. The van der Waals surface area contributed by atoms with Crippen molar-refractivity contribution in [1.29, 1.82) is 0 Å². The summed E-state index contributed by atoms with van der Waals surface area (Å²) in [7, 11) is 1.60. The van der Waals surface area contributed by atoms with E-state index in [1.807, 2.05) is 59.4 Å². The highest BCUT2D eigenvalue weighted by molar-refractivity contribution is 5.42. The first-order chi connectivity index (χ1) is 10.3. The fourth-order valence-corrected chi connectivity index (χ4v) is 1.98. The molecule has 21 heavy (non-hydrogen) atoms. The van der Waals surface area contributed by atoms with Crippen LogP contribution in [0.15, 0.2) is 60.9 Å². The summed E-state index contributed by atoms with van der Waals surface area (Å²) < 4.78 is 6.89. The van der Waals surface area contributed by atoms with Gasteiger partial charge in [-0.1, -0.05) is 18.2 Å². The number of aromatic nitrogens is 3. The zero-order chi connectivity index (χ0) is 14.5. The van der Waals surface area contributed by atoms with Crippen molar-refractivity contribution in [2.24, 2.45) is 0 Å². The van der Waals surface area contributed by atoms with Gasteiger partial charge in [-0.05, 0) is 24.3 Å². The third-order valence-electron chi connectivity index (χ3n) is 3.08. The van der Waals surface area contributed by atoms with Crippen molar-refractivity contribution in [3.8, 4) is 11.6 Å². The Labute approximate surface area is 123 Å². The Hall–Kier alpha value is -2.82. The third kappa shape index (κ3) is 3.20. The van der Waals surface area contributed by atoms with Crippen LogP contribution in [-0.4, -0.2) is 21.9 Å². The van der Waals surface area contributed by atoms with Gasteiger partial charge in [0.25, 0.3) is 0 Å². The van der Waals surface area contributed by atoms with Crippen LogP contribution in [0.25, 0.3) is 5.69 Å². The number of anilines is 1. The van der Waals surface area contributed by atoms with E-state index in [2.05, 4.69) is 15.4 Å². The predicted octanol–water partition coefficient (Wildman–Crippen LogP) is 2.89. The van der Waals surface area contributed by atoms with E-state index in [1.54, 1.807) is 13.3 Å². The molecule has 0 spiro atoms. The lowest BCUT2D eigenvalue weighted by Gasteiger charge is -2.05. The molecule has 5 nitrogen and oxygen atoms in total. The quantitative estimate of drug-likeness (QED) is 0.780. The molecule has 0 saturated carbocycles. The number of benzene rings is 1. The average molecular weight is 280 g/mol. The van der Waals surface area contributed by atoms with E-state index in [0.29, 0.717) is 12.4 Å². The molecule has 5 heteroatoms. The first-order valence-electron chi connectivity index (χ1n) is 6.69. The molecule has 0 saturated heterocycles. The lowest BCUT2D eigenvalue weighted by atomic mass is 10.3. The van der Waals surface area contributed by atoms with Gasteiger partial charge in [0.2, 0.25) is 5.88 Å². The molecule has 106 valence electrons. The van der Waals surface area contributed by atoms with Crippen LogP contribution in [0.4, 0.5) is 5.69 Å².